The zero-order chi connectivity index (χ0) is 13.8. The Morgan fingerprint density at radius 1 is 1.17 bits per heavy atom. The fourth-order valence-electron chi connectivity index (χ4n) is 4.73. The predicted molar refractivity (Wildman–Crippen MR) is 75.2 cm³/mol. The Bertz CT molecular complexity index is 332. The highest BCUT2D eigenvalue weighted by atomic mass is 16.1. The third-order valence-electron chi connectivity index (χ3n) is 6.96. The quantitative estimate of drug-likeness (QED) is 0.833. The molecule has 1 spiro atoms. The summed E-state index contributed by atoms with van der Waals surface area (Å²) in [5.41, 5.74) is 7.40. The van der Waals surface area contributed by atoms with E-state index in [4.69, 9.17) is 5.73 Å². The topological polar surface area (TPSA) is 43.1 Å². The molecule has 2 aliphatic carbocycles. The first kappa shape index (κ1) is 14.0. The Morgan fingerprint density at radius 3 is 1.94 bits per heavy atom. The molecule has 1 unspecified atom stereocenters. The van der Waals surface area contributed by atoms with Gasteiger partial charge in [-0.3, -0.25) is 4.79 Å². The Hall–Kier alpha value is -0.370. The zero-order valence-corrected chi connectivity index (χ0v) is 12.7. The maximum absolute atomic E-state index is 11.2. The lowest BCUT2D eigenvalue weighted by Crippen LogP contribution is -2.32. The van der Waals surface area contributed by atoms with Gasteiger partial charge >= 0.3 is 0 Å². The van der Waals surface area contributed by atoms with Crippen molar-refractivity contribution < 1.29 is 4.79 Å². The molecule has 0 aromatic rings. The van der Waals surface area contributed by atoms with E-state index < -0.39 is 0 Å². The Morgan fingerprint density at radius 2 is 1.61 bits per heavy atom. The molecule has 2 aliphatic rings. The Kier molecular flexibility index (Phi) is 3.17. The van der Waals surface area contributed by atoms with Gasteiger partial charge in [-0.15, -0.1) is 0 Å². The minimum Gasteiger partial charge on any atom is -0.322 e. The van der Waals surface area contributed by atoms with Crippen molar-refractivity contribution in [2.45, 2.75) is 72.8 Å². The van der Waals surface area contributed by atoms with E-state index in [1.54, 1.807) is 6.92 Å². The summed E-state index contributed by atoms with van der Waals surface area (Å²) in [7, 11) is 0. The first-order valence-electron chi connectivity index (χ1n) is 7.42. The molecule has 2 fully saturated rings. The second-order valence-corrected chi connectivity index (χ2v) is 7.73. The monoisotopic (exact) mass is 251 g/mol. The maximum Gasteiger partial charge on any atom is 0.146 e. The third kappa shape index (κ3) is 1.68. The molecule has 0 aliphatic heterocycles. The number of nitrogens with two attached hydrogens (primary N) is 1. The molecule has 0 aromatic heterocycles. The SMILES string of the molecule is CC(=O)C(N)CC1CCC2(CC1)C(C)(C)C2(C)C. The summed E-state index contributed by atoms with van der Waals surface area (Å²) in [5.74, 6) is 0.809. The summed E-state index contributed by atoms with van der Waals surface area (Å²) >= 11 is 0. The lowest BCUT2D eigenvalue weighted by Gasteiger charge is -2.33. The van der Waals surface area contributed by atoms with Gasteiger partial charge in [0.15, 0.2) is 0 Å². The number of carbonyl (C=O) groups is 1. The van der Waals surface area contributed by atoms with Gasteiger partial charge in [0.05, 0.1) is 6.04 Å². The Balaban J connectivity index is 1.92. The van der Waals surface area contributed by atoms with Gasteiger partial charge < -0.3 is 5.73 Å². The van der Waals surface area contributed by atoms with Crippen LogP contribution in [0.15, 0.2) is 0 Å². The molecule has 0 saturated heterocycles. The van der Waals surface area contributed by atoms with E-state index in [9.17, 15) is 4.79 Å². The summed E-state index contributed by atoms with van der Waals surface area (Å²) < 4.78 is 0. The highest BCUT2D eigenvalue weighted by molar-refractivity contribution is 5.81. The maximum atomic E-state index is 11.2. The Labute approximate surface area is 112 Å². The van der Waals surface area contributed by atoms with Gasteiger partial charge in [0.25, 0.3) is 0 Å². The van der Waals surface area contributed by atoms with Gasteiger partial charge in [-0.25, -0.2) is 0 Å². The van der Waals surface area contributed by atoms with E-state index in [2.05, 4.69) is 27.7 Å². The van der Waals surface area contributed by atoms with Crippen LogP contribution in [0.2, 0.25) is 0 Å². The van der Waals surface area contributed by atoms with Crippen LogP contribution in [0.1, 0.15) is 66.7 Å². The van der Waals surface area contributed by atoms with Crippen molar-refractivity contribution >= 4 is 5.78 Å². The second kappa shape index (κ2) is 4.06. The van der Waals surface area contributed by atoms with Gasteiger partial charge in [0.2, 0.25) is 0 Å². The van der Waals surface area contributed by atoms with Crippen LogP contribution in [0, 0.1) is 22.2 Å². The van der Waals surface area contributed by atoms with E-state index in [0.29, 0.717) is 22.2 Å². The van der Waals surface area contributed by atoms with Crippen LogP contribution in [0.25, 0.3) is 0 Å². The van der Waals surface area contributed by atoms with Crippen molar-refractivity contribution in [1.82, 2.24) is 0 Å². The molecule has 0 radical (unpaired) electrons. The normalized spacial score (nSPS) is 30.1. The van der Waals surface area contributed by atoms with E-state index in [1.807, 2.05) is 0 Å². The van der Waals surface area contributed by atoms with E-state index in [-0.39, 0.29) is 11.8 Å². The molecule has 0 bridgehead atoms. The first-order chi connectivity index (χ1) is 8.16. The summed E-state index contributed by atoms with van der Waals surface area (Å²) in [4.78, 5) is 11.2. The molecule has 2 N–H and O–H groups in total. The minimum absolute atomic E-state index is 0.141. The summed E-state index contributed by atoms with van der Waals surface area (Å²) in [6.45, 7) is 11.3. The van der Waals surface area contributed by atoms with E-state index >= 15 is 0 Å². The average Bonchev–Trinajstić information content (AvgIpc) is 2.60. The summed E-state index contributed by atoms with van der Waals surface area (Å²) in [6.07, 6.45) is 6.05. The smallest absolute Gasteiger partial charge is 0.146 e. The van der Waals surface area contributed by atoms with Gasteiger partial charge in [-0.1, -0.05) is 27.7 Å². The lowest BCUT2D eigenvalue weighted by atomic mass is 9.72. The van der Waals surface area contributed by atoms with Crippen molar-refractivity contribution in [2.24, 2.45) is 27.9 Å². The van der Waals surface area contributed by atoms with Crippen LogP contribution < -0.4 is 5.73 Å². The largest absolute Gasteiger partial charge is 0.322 e. The van der Waals surface area contributed by atoms with Crippen LogP contribution in [0.3, 0.4) is 0 Å². The van der Waals surface area contributed by atoms with Crippen LogP contribution in [-0.2, 0) is 4.79 Å². The zero-order valence-electron chi connectivity index (χ0n) is 12.7. The van der Waals surface area contributed by atoms with Gasteiger partial charge in [0, 0.05) is 0 Å². The highest BCUT2D eigenvalue weighted by Gasteiger charge is 2.75. The number of carbonyl (C=O) groups excluding carboxylic acids is 1. The highest BCUT2D eigenvalue weighted by Crippen LogP contribution is 2.82. The van der Waals surface area contributed by atoms with Crippen LogP contribution in [0.4, 0.5) is 0 Å². The fraction of sp³-hybridized carbons (Fsp3) is 0.938. The molecule has 2 heteroatoms. The number of Topliss-reactive ketones (excluding diaryl/α,β-unsaturated/α-hetero) is 1. The van der Waals surface area contributed by atoms with Crippen LogP contribution >= 0.6 is 0 Å². The molecule has 2 rings (SSSR count). The van der Waals surface area contributed by atoms with E-state index in [1.165, 1.54) is 25.7 Å². The third-order valence-corrected chi connectivity index (χ3v) is 6.96. The van der Waals surface area contributed by atoms with Gasteiger partial charge in [0.1, 0.15) is 5.78 Å². The molecule has 2 nitrogen and oxygen atoms in total. The van der Waals surface area contributed by atoms with Crippen LogP contribution in [-0.4, -0.2) is 11.8 Å². The number of ketones is 1. The van der Waals surface area contributed by atoms with Crippen molar-refractivity contribution in [3.8, 4) is 0 Å². The molecule has 1 atom stereocenters. The van der Waals surface area contributed by atoms with Crippen molar-refractivity contribution in [3.63, 3.8) is 0 Å². The molecule has 104 valence electrons. The van der Waals surface area contributed by atoms with Crippen LogP contribution in [0.5, 0.6) is 0 Å². The molecule has 0 aromatic carbocycles. The minimum atomic E-state index is -0.232. The number of rotatable bonds is 3. The molecular weight excluding hydrogens is 222 g/mol. The summed E-state index contributed by atoms with van der Waals surface area (Å²) in [5, 5.41) is 0. The van der Waals surface area contributed by atoms with Gasteiger partial charge in [-0.05, 0) is 61.2 Å². The molecule has 0 amide bonds. The molecular formula is C16H29NO. The molecule has 18 heavy (non-hydrogen) atoms. The lowest BCUT2D eigenvalue weighted by molar-refractivity contribution is -0.118. The number of hydrogen-bond donors (Lipinski definition) is 1. The second-order valence-electron chi connectivity index (χ2n) is 7.73. The predicted octanol–water partition coefficient (Wildman–Crippen LogP) is 3.54. The molecule has 2 saturated carbocycles. The fourth-order valence-corrected chi connectivity index (χ4v) is 4.73. The average molecular weight is 251 g/mol. The first-order valence-corrected chi connectivity index (χ1v) is 7.42. The van der Waals surface area contributed by atoms with Crippen molar-refractivity contribution in [3.05, 3.63) is 0 Å². The molecule has 0 heterocycles. The van der Waals surface area contributed by atoms with Gasteiger partial charge in [-0.2, -0.15) is 0 Å². The van der Waals surface area contributed by atoms with E-state index in [0.717, 1.165) is 6.42 Å². The number of hydrogen-bond acceptors (Lipinski definition) is 2. The summed E-state index contributed by atoms with van der Waals surface area (Å²) in [6, 6.07) is -0.232. The van der Waals surface area contributed by atoms with Crippen molar-refractivity contribution in [2.75, 3.05) is 0 Å². The standard InChI is InChI=1S/C16H29NO/c1-11(18)13(17)10-12-6-8-16(9-7-12)14(2,3)15(16,4)5/h12-13H,6-10,17H2,1-5H3. The van der Waals surface area contributed by atoms with Crippen molar-refractivity contribution in [1.29, 1.82) is 0 Å².